The average molecular weight is 565 g/mol. The summed E-state index contributed by atoms with van der Waals surface area (Å²) >= 11 is 0. The van der Waals surface area contributed by atoms with Crippen LogP contribution in [0.3, 0.4) is 0 Å². The lowest BCUT2D eigenvalue weighted by atomic mass is 9.80. The summed E-state index contributed by atoms with van der Waals surface area (Å²) in [6, 6.07) is 27.9. The monoisotopic (exact) mass is 564 g/mol. The van der Waals surface area contributed by atoms with Crippen LogP contribution in [0.2, 0.25) is 0 Å². The van der Waals surface area contributed by atoms with Crippen molar-refractivity contribution in [3.63, 3.8) is 0 Å². The summed E-state index contributed by atoms with van der Waals surface area (Å²) in [5, 5.41) is 0. The van der Waals surface area contributed by atoms with Crippen LogP contribution in [0, 0.1) is 0 Å². The van der Waals surface area contributed by atoms with Gasteiger partial charge in [0.1, 0.15) is 23.9 Å². The van der Waals surface area contributed by atoms with E-state index in [0.717, 1.165) is 16.7 Å². The van der Waals surface area contributed by atoms with Crippen molar-refractivity contribution in [3.8, 4) is 0 Å². The van der Waals surface area contributed by atoms with E-state index in [1.807, 2.05) is 91.0 Å². The average Bonchev–Trinajstić information content (AvgIpc) is 3.37. The molecule has 4 atom stereocenters. The normalized spacial score (nSPS) is 24.9. The maximum absolute atomic E-state index is 13.3. The predicted molar refractivity (Wildman–Crippen MR) is 134 cm³/mol. The Morgan fingerprint density at radius 2 is 1.26 bits per heavy atom. The minimum absolute atomic E-state index is 0.350. The fourth-order valence-corrected chi connectivity index (χ4v) is 5.61. The molecule has 5 rings (SSSR count). The lowest BCUT2D eigenvalue weighted by Gasteiger charge is -2.37. The van der Waals surface area contributed by atoms with Gasteiger partial charge in [-0.15, -0.1) is 0 Å². The third kappa shape index (κ3) is 5.34. The van der Waals surface area contributed by atoms with E-state index in [-0.39, 0.29) is 6.61 Å². The number of hydrogen-bond acceptors (Lipinski definition) is 7. The molecular formula is C28H27F3O7S. The summed E-state index contributed by atoms with van der Waals surface area (Å²) in [6.07, 6.45) is -5.33. The summed E-state index contributed by atoms with van der Waals surface area (Å²) < 4.78 is 92.5. The molecule has 7 nitrogen and oxygen atoms in total. The maximum Gasteiger partial charge on any atom is 0.523 e. The molecule has 0 aromatic heterocycles. The van der Waals surface area contributed by atoms with E-state index in [2.05, 4.69) is 0 Å². The molecule has 0 saturated carbocycles. The van der Waals surface area contributed by atoms with Crippen LogP contribution in [0.25, 0.3) is 0 Å². The van der Waals surface area contributed by atoms with Crippen molar-refractivity contribution in [2.75, 3.05) is 6.61 Å². The van der Waals surface area contributed by atoms with Gasteiger partial charge < -0.3 is 18.9 Å². The van der Waals surface area contributed by atoms with Crippen LogP contribution in [0.4, 0.5) is 13.2 Å². The number of halogens is 3. The predicted octanol–water partition coefficient (Wildman–Crippen LogP) is 5.11. The third-order valence-corrected chi connectivity index (χ3v) is 7.66. The third-order valence-electron chi connectivity index (χ3n) is 6.61. The Morgan fingerprint density at radius 3 is 1.69 bits per heavy atom. The fourth-order valence-electron chi connectivity index (χ4n) is 4.97. The molecule has 39 heavy (non-hydrogen) atoms. The van der Waals surface area contributed by atoms with Crippen LogP contribution in [0.15, 0.2) is 91.0 Å². The number of rotatable bonds is 8. The lowest BCUT2D eigenvalue weighted by Crippen LogP contribution is -2.44. The van der Waals surface area contributed by atoms with E-state index in [1.54, 1.807) is 13.8 Å². The van der Waals surface area contributed by atoms with Crippen LogP contribution < -0.4 is 0 Å². The standard InChI is InChI=1S/C28H27F3O7S/c1-26(2)36-24-23(38-39(32,33)28(29,30)31)22(35-25(24)37-26)18-34-27(19-12-6-3-7-13-19,20-14-8-4-9-15-20)21-16-10-5-11-17-21/h3-17,22-25H,18H2,1-2H3/t22-,23+,24+,25+/m1/s1. The highest BCUT2D eigenvalue weighted by atomic mass is 32.2. The van der Waals surface area contributed by atoms with E-state index < -0.39 is 51.6 Å². The molecule has 0 N–H and O–H groups in total. The highest BCUT2D eigenvalue weighted by Crippen LogP contribution is 2.44. The summed E-state index contributed by atoms with van der Waals surface area (Å²) in [5.41, 5.74) is -4.62. The van der Waals surface area contributed by atoms with Gasteiger partial charge in [0, 0.05) is 0 Å². The number of ether oxygens (including phenoxy) is 4. The Morgan fingerprint density at radius 1 is 0.795 bits per heavy atom. The van der Waals surface area contributed by atoms with Crippen LogP contribution >= 0.6 is 0 Å². The Labute approximate surface area is 224 Å². The molecule has 3 aromatic carbocycles. The molecule has 2 heterocycles. The van der Waals surface area contributed by atoms with Crippen molar-refractivity contribution < 1.29 is 44.7 Å². The van der Waals surface area contributed by atoms with Crippen molar-refractivity contribution in [2.45, 2.75) is 55.3 Å². The zero-order chi connectivity index (χ0) is 27.9. The van der Waals surface area contributed by atoms with Crippen LogP contribution in [-0.2, 0) is 38.8 Å². The van der Waals surface area contributed by atoms with E-state index >= 15 is 0 Å². The smallest absolute Gasteiger partial charge is 0.358 e. The summed E-state index contributed by atoms with van der Waals surface area (Å²) in [6.45, 7) is 2.73. The number of fused-ring (bicyclic) bond motifs is 1. The molecule has 11 heteroatoms. The maximum atomic E-state index is 13.3. The largest absolute Gasteiger partial charge is 0.523 e. The van der Waals surface area contributed by atoms with Gasteiger partial charge >= 0.3 is 15.6 Å². The second-order valence-electron chi connectivity index (χ2n) is 9.69. The first-order valence-corrected chi connectivity index (χ1v) is 13.6. The highest BCUT2D eigenvalue weighted by Gasteiger charge is 2.60. The molecule has 0 bridgehead atoms. The molecule has 2 saturated heterocycles. The second-order valence-corrected chi connectivity index (χ2v) is 11.3. The summed E-state index contributed by atoms with van der Waals surface area (Å²) in [5.74, 6) is -1.22. The van der Waals surface area contributed by atoms with Gasteiger partial charge in [0.25, 0.3) is 0 Å². The first-order valence-electron chi connectivity index (χ1n) is 12.2. The molecule has 0 aliphatic carbocycles. The van der Waals surface area contributed by atoms with Gasteiger partial charge in [0.2, 0.25) is 0 Å². The van der Waals surface area contributed by atoms with Gasteiger partial charge in [-0.25, -0.2) is 0 Å². The second kappa shape index (κ2) is 10.3. The molecule has 208 valence electrons. The van der Waals surface area contributed by atoms with Crippen LogP contribution in [0.5, 0.6) is 0 Å². The van der Waals surface area contributed by atoms with Crippen molar-refractivity contribution in [3.05, 3.63) is 108 Å². The Kier molecular flexibility index (Phi) is 7.34. The highest BCUT2D eigenvalue weighted by molar-refractivity contribution is 7.87. The molecule has 0 radical (unpaired) electrons. The van der Waals surface area contributed by atoms with E-state index in [0.29, 0.717) is 0 Å². The number of benzene rings is 3. The number of alkyl halides is 3. The summed E-state index contributed by atoms with van der Waals surface area (Å²) in [4.78, 5) is 0. The fraction of sp³-hybridized carbons (Fsp3) is 0.357. The molecule has 0 unspecified atom stereocenters. The Hall–Kier alpha value is -2.80. The zero-order valence-electron chi connectivity index (χ0n) is 21.1. The molecule has 0 amide bonds. The molecule has 0 spiro atoms. The zero-order valence-corrected chi connectivity index (χ0v) is 21.9. The first-order chi connectivity index (χ1) is 18.4. The van der Waals surface area contributed by atoms with E-state index in [4.69, 9.17) is 23.1 Å². The lowest BCUT2D eigenvalue weighted by molar-refractivity contribution is -0.221. The van der Waals surface area contributed by atoms with E-state index in [1.165, 1.54) is 0 Å². The van der Waals surface area contributed by atoms with Gasteiger partial charge in [0.05, 0.1) is 6.61 Å². The Bertz CT molecular complexity index is 1270. The van der Waals surface area contributed by atoms with Gasteiger partial charge in [-0.3, -0.25) is 4.18 Å². The van der Waals surface area contributed by atoms with E-state index in [9.17, 15) is 21.6 Å². The quantitative estimate of drug-likeness (QED) is 0.214. The number of hydrogen-bond donors (Lipinski definition) is 0. The van der Waals surface area contributed by atoms with Gasteiger partial charge in [-0.05, 0) is 30.5 Å². The molecule has 2 aliphatic heterocycles. The molecule has 2 aliphatic rings. The molecular weight excluding hydrogens is 537 g/mol. The van der Waals surface area contributed by atoms with Crippen molar-refractivity contribution in [1.82, 2.24) is 0 Å². The van der Waals surface area contributed by atoms with Crippen molar-refractivity contribution in [1.29, 1.82) is 0 Å². The van der Waals surface area contributed by atoms with Crippen LogP contribution in [0.1, 0.15) is 30.5 Å². The first kappa shape index (κ1) is 27.8. The summed E-state index contributed by atoms with van der Waals surface area (Å²) in [7, 11) is -5.97. The minimum atomic E-state index is -5.97. The molecule has 3 aromatic rings. The van der Waals surface area contributed by atoms with Crippen molar-refractivity contribution >= 4 is 10.1 Å². The van der Waals surface area contributed by atoms with Gasteiger partial charge in [-0.2, -0.15) is 21.6 Å². The minimum Gasteiger partial charge on any atom is -0.358 e. The van der Waals surface area contributed by atoms with Gasteiger partial charge in [0.15, 0.2) is 12.1 Å². The Balaban J connectivity index is 1.55. The van der Waals surface area contributed by atoms with Crippen LogP contribution in [-0.4, -0.2) is 50.9 Å². The topological polar surface area (TPSA) is 80.3 Å². The molecule has 2 fully saturated rings. The SMILES string of the molecule is CC1(C)O[C@@H]2O[C@H](COC(c3ccccc3)(c3ccccc3)c3ccccc3)[C@H](OS(=O)(=O)C(F)(F)F)[C@@H]2O1. The van der Waals surface area contributed by atoms with Crippen molar-refractivity contribution in [2.24, 2.45) is 0 Å². The van der Waals surface area contributed by atoms with Gasteiger partial charge in [-0.1, -0.05) is 91.0 Å².